The minimum Gasteiger partial charge on any atom is -0.391 e. The summed E-state index contributed by atoms with van der Waals surface area (Å²) < 4.78 is 10.7. The minimum atomic E-state index is -0.614. The number of hydrogen-bond donors (Lipinski definition) is 1. The van der Waals surface area contributed by atoms with Crippen LogP contribution in [0.1, 0.15) is 40.5 Å². The third kappa shape index (κ3) is 5.24. The van der Waals surface area contributed by atoms with E-state index in [1.807, 2.05) is 13.8 Å². The smallest absolute Gasteiger partial charge is 0.162 e. The highest BCUT2D eigenvalue weighted by atomic mass is 16.7. The number of hydrogen-bond acceptors (Lipinski definition) is 3. The van der Waals surface area contributed by atoms with Crippen LogP contribution in [-0.2, 0) is 9.47 Å². The Morgan fingerprint density at radius 2 is 1.92 bits per heavy atom. The molecule has 3 nitrogen and oxygen atoms in total. The second-order valence-corrected chi connectivity index (χ2v) is 3.79. The fourth-order valence-corrected chi connectivity index (χ4v) is 1.10. The van der Waals surface area contributed by atoms with E-state index in [9.17, 15) is 5.11 Å². The van der Waals surface area contributed by atoms with Gasteiger partial charge in [-0.1, -0.05) is 13.3 Å². The van der Waals surface area contributed by atoms with Crippen LogP contribution in [0.3, 0.4) is 0 Å². The summed E-state index contributed by atoms with van der Waals surface area (Å²) in [6.07, 6.45) is 1.26. The van der Waals surface area contributed by atoms with E-state index in [0.29, 0.717) is 0 Å². The van der Waals surface area contributed by atoms with Crippen molar-refractivity contribution in [3.8, 4) is 0 Å². The average molecular weight is 190 g/mol. The van der Waals surface area contributed by atoms with Crippen molar-refractivity contribution in [2.24, 2.45) is 0 Å². The first-order chi connectivity index (χ1) is 5.93. The van der Waals surface area contributed by atoms with Crippen LogP contribution in [0, 0.1) is 0 Å². The molecule has 80 valence electrons. The number of aliphatic hydroxyl groups excluding tert-OH is 1. The van der Waals surface area contributed by atoms with Gasteiger partial charge in [0.1, 0.15) is 0 Å². The Hall–Kier alpha value is -0.120. The Morgan fingerprint density at radius 3 is 2.23 bits per heavy atom. The Kier molecular flexibility index (Phi) is 5.53. The second-order valence-electron chi connectivity index (χ2n) is 3.79. The highest BCUT2D eigenvalue weighted by Crippen LogP contribution is 2.18. The van der Waals surface area contributed by atoms with Crippen molar-refractivity contribution in [2.75, 3.05) is 7.11 Å². The third-order valence-electron chi connectivity index (χ3n) is 2.04. The fraction of sp³-hybridized carbons (Fsp3) is 1.00. The summed E-state index contributed by atoms with van der Waals surface area (Å²) in [5.41, 5.74) is 0. The molecule has 0 radical (unpaired) electrons. The van der Waals surface area contributed by atoms with Crippen LogP contribution >= 0.6 is 0 Å². The molecule has 3 heteroatoms. The molecule has 0 spiro atoms. The quantitative estimate of drug-likeness (QED) is 0.650. The van der Waals surface area contributed by atoms with E-state index < -0.39 is 11.9 Å². The van der Waals surface area contributed by atoms with Crippen LogP contribution in [0.15, 0.2) is 0 Å². The predicted octanol–water partition coefficient (Wildman–Crippen LogP) is 1.94. The van der Waals surface area contributed by atoms with E-state index in [1.54, 1.807) is 14.0 Å². The van der Waals surface area contributed by atoms with Gasteiger partial charge in [-0.2, -0.15) is 0 Å². The monoisotopic (exact) mass is 190 g/mol. The maximum absolute atomic E-state index is 9.42. The summed E-state index contributed by atoms with van der Waals surface area (Å²) >= 11 is 0. The standard InChI is InChI=1S/C10H22O3/c1-6-7-9(8(2)11)13-10(3,4)12-5/h8-9,11H,6-7H2,1-5H3/t8-,9+/m0/s1. The van der Waals surface area contributed by atoms with E-state index in [2.05, 4.69) is 6.92 Å². The number of aliphatic hydroxyl groups is 1. The van der Waals surface area contributed by atoms with E-state index in [4.69, 9.17) is 9.47 Å². The molecule has 2 atom stereocenters. The van der Waals surface area contributed by atoms with Gasteiger partial charge in [0, 0.05) is 7.11 Å². The molecule has 1 N–H and O–H groups in total. The lowest BCUT2D eigenvalue weighted by molar-refractivity contribution is -0.239. The van der Waals surface area contributed by atoms with E-state index >= 15 is 0 Å². The zero-order chi connectivity index (χ0) is 10.5. The first-order valence-corrected chi connectivity index (χ1v) is 4.84. The lowest BCUT2D eigenvalue weighted by atomic mass is 10.1. The number of ether oxygens (including phenoxy) is 2. The summed E-state index contributed by atoms with van der Waals surface area (Å²) in [7, 11) is 1.60. The summed E-state index contributed by atoms with van der Waals surface area (Å²) in [4.78, 5) is 0. The van der Waals surface area contributed by atoms with Crippen LogP contribution in [0.2, 0.25) is 0 Å². The van der Waals surface area contributed by atoms with Crippen molar-refractivity contribution in [3.63, 3.8) is 0 Å². The molecule has 0 aromatic heterocycles. The van der Waals surface area contributed by atoms with Gasteiger partial charge in [0.15, 0.2) is 5.79 Å². The molecule has 0 unspecified atom stereocenters. The van der Waals surface area contributed by atoms with Crippen molar-refractivity contribution in [2.45, 2.75) is 58.5 Å². The first-order valence-electron chi connectivity index (χ1n) is 4.84. The zero-order valence-electron chi connectivity index (χ0n) is 9.33. The van der Waals surface area contributed by atoms with Gasteiger partial charge in [-0.05, 0) is 27.2 Å². The predicted molar refractivity (Wildman–Crippen MR) is 52.5 cm³/mol. The van der Waals surface area contributed by atoms with Crippen LogP contribution in [0.4, 0.5) is 0 Å². The van der Waals surface area contributed by atoms with E-state index in [0.717, 1.165) is 12.8 Å². The van der Waals surface area contributed by atoms with Gasteiger partial charge in [-0.25, -0.2) is 0 Å². The van der Waals surface area contributed by atoms with Gasteiger partial charge in [-0.3, -0.25) is 0 Å². The van der Waals surface area contributed by atoms with Gasteiger partial charge in [0.25, 0.3) is 0 Å². The molecule has 13 heavy (non-hydrogen) atoms. The Morgan fingerprint density at radius 1 is 1.38 bits per heavy atom. The van der Waals surface area contributed by atoms with Crippen LogP contribution in [-0.4, -0.2) is 30.2 Å². The van der Waals surface area contributed by atoms with Crippen molar-refractivity contribution in [3.05, 3.63) is 0 Å². The summed E-state index contributed by atoms with van der Waals surface area (Å²) in [5, 5.41) is 9.42. The van der Waals surface area contributed by atoms with Gasteiger partial charge in [0.2, 0.25) is 0 Å². The molecule has 0 aromatic carbocycles. The Balaban J connectivity index is 4.08. The number of rotatable bonds is 6. The summed E-state index contributed by atoms with van der Waals surface area (Å²) in [6, 6.07) is 0. The van der Waals surface area contributed by atoms with Crippen LogP contribution in [0.5, 0.6) is 0 Å². The molecular weight excluding hydrogens is 168 g/mol. The third-order valence-corrected chi connectivity index (χ3v) is 2.04. The molecule has 0 amide bonds. The molecular formula is C10H22O3. The van der Waals surface area contributed by atoms with Gasteiger partial charge in [0.05, 0.1) is 12.2 Å². The Bertz CT molecular complexity index is 132. The lowest BCUT2D eigenvalue weighted by Gasteiger charge is -2.30. The van der Waals surface area contributed by atoms with Crippen LogP contribution < -0.4 is 0 Å². The highest BCUT2D eigenvalue weighted by molar-refractivity contribution is 4.67. The van der Waals surface area contributed by atoms with Gasteiger partial charge < -0.3 is 14.6 Å². The van der Waals surface area contributed by atoms with E-state index in [-0.39, 0.29) is 6.10 Å². The van der Waals surface area contributed by atoms with Gasteiger partial charge in [-0.15, -0.1) is 0 Å². The lowest BCUT2D eigenvalue weighted by Crippen LogP contribution is -2.37. The van der Waals surface area contributed by atoms with Crippen molar-refractivity contribution >= 4 is 0 Å². The van der Waals surface area contributed by atoms with Crippen molar-refractivity contribution in [1.82, 2.24) is 0 Å². The largest absolute Gasteiger partial charge is 0.391 e. The maximum Gasteiger partial charge on any atom is 0.162 e. The molecule has 0 aromatic rings. The zero-order valence-corrected chi connectivity index (χ0v) is 9.33. The molecule has 0 heterocycles. The second kappa shape index (κ2) is 5.58. The molecule has 0 aliphatic heterocycles. The molecule has 0 rings (SSSR count). The summed E-state index contributed by atoms with van der Waals surface area (Å²) in [6.45, 7) is 7.50. The van der Waals surface area contributed by atoms with E-state index in [1.165, 1.54) is 0 Å². The Labute approximate surface area is 81.0 Å². The summed E-state index contributed by atoms with van der Waals surface area (Å²) in [5.74, 6) is -0.614. The SMILES string of the molecule is CCC[C@@H](OC(C)(C)OC)[C@H](C)O. The molecule has 0 saturated heterocycles. The van der Waals surface area contributed by atoms with Crippen molar-refractivity contribution < 1.29 is 14.6 Å². The molecule has 0 aliphatic carbocycles. The fourth-order valence-electron chi connectivity index (χ4n) is 1.10. The van der Waals surface area contributed by atoms with Crippen molar-refractivity contribution in [1.29, 1.82) is 0 Å². The maximum atomic E-state index is 9.42. The number of methoxy groups -OCH3 is 1. The first kappa shape index (κ1) is 12.9. The highest BCUT2D eigenvalue weighted by Gasteiger charge is 2.25. The molecule has 0 saturated carbocycles. The average Bonchev–Trinajstić information content (AvgIpc) is 2.03. The molecule has 0 bridgehead atoms. The normalized spacial score (nSPS) is 17.1. The van der Waals surface area contributed by atoms with Gasteiger partial charge >= 0.3 is 0 Å². The van der Waals surface area contributed by atoms with Crippen LogP contribution in [0.25, 0.3) is 0 Å². The minimum absolute atomic E-state index is 0.139. The topological polar surface area (TPSA) is 38.7 Å². The molecule has 0 fully saturated rings. The molecule has 0 aliphatic rings.